The van der Waals surface area contributed by atoms with Gasteiger partial charge in [-0.2, -0.15) is 0 Å². The summed E-state index contributed by atoms with van der Waals surface area (Å²) in [6.45, 7) is 2.61. The highest BCUT2D eigenvalue weighted by atomic mass is 16.7. The van der Waals surface area contributed by atoms with Crippen molar-refractivity contribution in [3.05, 3.63) is 23.8 Å². The molecule has 18 heavy (non-hydrogen) atoms. The number of benzene rings is 1. The summed E-state index contributed by atoms with van der Waals surface area (Å²) in [5.41, 5.74) is 1.14. The van der Waals surface area contributed by atoms with E-state index in [1.54, 1.807) is 14.2 Å². The van der Waals surface area contributed by atoms with Gasteiger partial charge in [0, 0.05) is 27.3 Å². The summed E-state index contributed by atoms with van der Waals surface area (Å²) in [5.74, 6) is 1.63. The Bertz CT molecular complexity index is 379. The molecule has 1 aliphatic rings. The van der Waals surface area contributed by atoms with Crippen LogP contribution >= 0.6 is 0 Å². The number of rotatable bonds is 6. The quantitative estimate of drug-likeness (QED) is 0.771. The van der Waals surface area contributed by atoms with E-state index >= 15 is 0 Å². The van der Waals surface area contributed by atoms with Crippen LogP contribution < -0.4 is 14.8 Å². The van der Waals surface area contributed by atoms with E-state index in [4.69, 9.17) is 18.9 Å². The molecule has 0 unspecified atom stereocenters. The monoisotopic (exact) mass is 253 g/mol. The van der Waals surface area contributed by atoms with Crippen molar-refractivity contribution in [1.82, 2.24) is 5.32 Å². The van der Waals surface area contributed by atoms with Crippen LogP contribution in [0.15, 0.2) is 18.2 Å². The second-order valence-corrected chi connectivity index (χ2v) is 4.01. The summed E-state index contributed by atoms with van der Waals surface area (Å²) in [6, 6.07) is 5.96. The lowest BCUT2D eigenvalue weighted by Crippen LogP contribution is -2.29. The molecule has 1 aromatic rings. The summed E-state index contributed by atoms with van der Waals surface area (Å²) >= 11 is 0. The van der Waals surface area contributed by atoms with Crippen LogP contribution in [0.25, 0.3) is 0 Å². The van der Waals surface area contributed by atoms with Gasteiger partial charge in [-0.1, -0.05) is 6.07 Å². The second-order valence-electron chi connectivity index (χ2n) is 4.01. The Balaban J connectivity index is 1.86. The van der Waals surface area contributed by atoms with Crippen molar-refractivity contribution in [2.75, 3.05) is 34.0 Å². The molecule has 1 aromatic carbocycles. The zero-order valence-electron chi connectivity index (χ0n) is 10.8. The molecule has 0 fully saturated rings. The molecule has 0 amide bonds. The van der Waals surface area contributed by atoms with Crippen LogP contribution in [0.2, 0.25) is 0 Å². The summed E-state index contributed by atoms with van der Waals surface area (Å²) < 4.78 is 21.2. The maximum absolute atomic E-state index is 5.53. The average Bonchev–Trinajstić information content (AvgIpc) is 2.43. The molecule has 0 saturated carbocycles. The van der Waals surface area contributed by atoms with Gasteiger partial charge in [0.2, 0.25) is 0 Å². The molecule has 0 aliphatic carbocycles. The van der Waals surface area contributed by atoms with Crippen LogP contribution in [-0.4, -0.2) is 40.3 Å². The lowest BCUT2D eigenvalue weighted by atomic mass is 10.2. The lowest BCUT2D eigenvalue weighted by Gasteiger charge is -2.19. The van der Waals surface area contributed by atoms with Crippen molar-refractivity contribution in [2.24, 2.45) is 0 Å². The van der Waals surface area contributed by atoms with Gasteiger partial charge >= 0.3 is 0 Å². The van der Waals surface area contributed by atoms with E-state index < -0.39 is 0 Å². The number of ether oxygens (including phenoxy) is 4. The van der Waals surface area contributed by atoms with E-state index in [2.05, 4.69) is 5.32 Å². The molecule has 5 heteroatoms. The van der Waals surface area contributed by atoms with Crippen LogP contribution in [0.5, 0.6) is 11.5 Å². The van der Waals surface area contributed by atoms with Gasteiger partial charge in [0.05, 0.1) is 0 Å². The van der Waals surface area contributed by atoms with Crippen molar-refractivity contribution in [3.63, 3.8) is 0 Å². The Morgan fingerprint density at radius 1 is 1.17 bits per heavy atom. The van der Waals surface area contributed by atoms with E-state index in [0.717, 1.165) is 23.6 Å². The fourth-order valence-electron chi connectivity index (χ4n) is 1.79. The van der Waals surface area contributed by atoms with Gasteiger partial charge in [0.1, 0.15) is 13.2 Å². The first-order chi connectivity index (χ1) is 8.83. The number of hydrogen-bond donors (Lipinski definition) is 1. The van der Waals surface area contributed by atoms with Crippen molar-refractivity contribution in [1.29, 1.82) is 0 Å². The predicted molar refractivity (Wildman–Crippen MR) is 66.9 cm³/mol. The molecule has 0 bridgehead atoms. The average molecular weight is 253 g/mol. The zero-order valence-corrected chi connectivity index (χ0v) is 10.8. The summed E-state index contributed by atoms with van der Waals surface area (Å²) in [4.78, 5) is 0. The Morgan fingerprint density at radius 2 is 1.89 bits per heavy atom. The van der Waals surface area contributed by atoms with Crippen LogP contribution in [0, 0.1) is 0 Å². The van der Waals surface area contributed by atoms with Gasteiger partial charge in [-0.15, -0.1) is 0 Å². The molecule has 1 aliphatic heterocycles. The zero-order chi connectivity index (χ0) is 12.8. The highest BCUT2D eigenvalue weighted by Crippen LogP contribution is 2.30. The van der Waals surface area contributed by atoms with Crippen molar-refractivity contribution < 1.29 is 18.9 Å². The minimum atomic E-state index is -0.220. The van der Waals surface area contributed by atoms with Crippen LogP contribution in [-0.2, 0) is 16.0 Å². The van der Waals surface area contributed by atoms with Crippen molar-refractivity contribution in [3.8, 4) is 11.5 Å². The summed E-state index contributed by atoms with van der Waals surface area (Å²) in [5, 5.41) is 3.26. The van der Waals surface area contributed by atoms with Gasteiger partial charge in [-0.3, -0.25) is 0 Å². The third-order valence-corrected chi connectivity index (χ3v) is 2.77. The summed E-state index contributed by atoms with van der Waals surface area (Å²) in [6.07, 6.45) is -0.220. The minimum absolute atomic E-state index is 0.220. The number of nitrogens with one attached hydrogen (secondary N) is 1. The Morgan fingerprint density at radius 3 is 2.61 bits per heavy atom. The maximum Gasteiger partial charge on any atom is 0.169 e. The van der Waals surface area contributed by atoms with E-state index in [1.165, 1.54) is 0 Å². The van der Waals surface area contributed by atoms with Crippen molar-refractivity contribution >= 4 is 0 Å². The third-order valence-electron chi connectivity index (χ3n) is 2.77. The molecule has 0 atom stereocenters. The van der Waals surface area contributed by atoms with Gasteiger partial charge in [-0.05, 0) is 17.7 Å². The molecule has 0 radical (unpaired) electrons. The fourth-order valence-corrected chi connectivity index (χ4v) is 1.79. The molecule has 5 nitrogen and oxygen atoms in total. The SMILES string of the molecule is COC(CNCc1ccc2c(c1)OCCO2)OC. The van der Waals surface area contributed by atoms with Gasteiger partial charge in [-0.25, -0.2) is 0 Å². The largest absolute Gasteiger partial charge is 0.486 e. The van der Waals surface area contributed by atoms with E-state index in [-0.39, 0.29) is 6.29 Å². The first-order valence-corrected chi connectivity index (χ1v) is 5.98. The standard InChI is InChI=1S/C13H19NO4/c1-15-13(16-2)9-14-8-10-3-4-11-12(7-10)18-6-5-17-11/h3-4,7,13-14H,5-6,8-9H2,1-2H3. The predicted octanol–water partition coefficient (Wildman–Crippen LogP) is 1.17. The van der Waals surface area contributed by atoms with Crippen LogP contribution in [0.4, 0.5) is 0 Å². The van der Waals surface area contributed by atoms with E-state index in [1.807, 2.05) is 18.2 Å². The number of hydrogen-bond acceptors (Lipinski definition) is 5. The molecule has 1 N–H and O–H groups in total. The number of methoxy groups -OCH3 is 2. The molecule has 100 valence electrons. The summed E-state index contributed by atoms with van der Waals surface area (Å²) in [7, 11) is 3.25. The number of fused-ring (bicyclic) bond motifs is 1. The Labute approximate surface area is 107 Å². The van der Waals surface area contributed by atoms with Crippen LogP contribution in [0.3, 0.4) is 0 Å². The molecule has 2 rings (SSSR count). The normalized spacial score (nSPS) is 13.9. The molecular weight excluding hydrogens is 234 g/mol. The molecular formula is C13H19NO4. The molecule has 1 heterocycles. The third kappa shape index (κ3) is 3.35. The highest BCUT2D eigenvalue weighted by Gasteiger charge is 2.11. The van der Waals surface area contributed by atoms with Gasteiger partial charge in [0.25, 0.3) is 0 Å². The Kier molecular flexibility index (Phi) is 4.81. The van der Waals surface area contributed by atoms with E-state index in [9.17, 15) is 0 Å². The van der Waals surface area contributed by atoms with Crippen LogP contribution in [0.1, 0.15) is 5.56 Å². The van der Waals surface area contributed by atoms with Crippen molar-refractivity contribution in [2.45, 2.75) is 12.8 Å². The molecule has 0 spiro atoms. The highest BCUT2D eigenvalue weighted by molar-refractivity contribution is 5.43. The van der Waals surface area contributed by atoms with Gasteiger partial charge in [0.15, 0.2) is 17.8 Å². The molecule has 0 saturated heterocycles. The topological polar surface area (TPSA) is 49.0 Å². The lowest BCUT2D eigenvalue weighted by molar-refractivity contribution is -0.0989. The maximum atomic E-state index is 5.53. The van der Waals surface area contributed by atoms with E-state index in [0.29, 0.717) is 19.8 Å². The molecule has 0 aromatic heterocycles. The fraction of sp³-hybridized carbons (Fsp3) is 0.538. The second kappa shape index (κ2) is 6.58. The first kappa shape index (κ1) is 13.1. The van der Waals surface area contributed by atoms with Gasteiger partial charge < -0.3 is 24.3 Å². The smallest absolute Gasteiger partial charge is 0.169 e. The Hall–Kier alpha value is -1.30. The minimum Gasteiger partial charge on any atom is -0.486 e. The first-order valence-electron chi connectivity index (χ1n) is 5.98.